The number of hydrazine groups is 1. The van der Waals surface area contributed by atoms with Gasteiger partial charge in [-0.15, -0.1) is 0 Å². The van der Waals surface area contributed by atoms with Crippen LogP contribution < -0.4 is 11.3 Å². The van der Waals surface area contributed by atoms with E-state index in [1.165, 1.54) is 11.1 Å². The fourth-order valence-corrected chi connectivity index (χ4v) is 1.44. The Hall–Kier alpha value is -0.380. The SMILES string of the molecule is Cc1cc(Br)ccc1CNN. The standard InChI is InChI=1S/C8H11BrN2/c1-6-4-8(9)3-2-7(6)5-11-10/h2-4,11H,5,10H2,1H3. The highest BCUT2D eigenvalue weighted by Crippen LogP contribution is 2.15. The molecule has 0 bridgehead atoms. The van der Waals surface area contributed by atoms with Gasteiger partial charge >= 0.3 is 0 Å². The third-order valence-electron chi connectivity index (χ3n) is 1.60. The van der Waals surface area contributed by atoms with Crippen LogP contribution in [0.15, 0.2) is 22.7 Å². The van der Waals surface area contributed by atoms with Crippen molar-refractivity contribution in [1.82, 2.24) is 5.43 Å². The van der Waals surface area contributed by atoms with Crippen LogP contribution in [-0.4, -0.2) is 0 Å². The van der Waals surface area contributed by atoms with Crippen LogP contribution in [0.1, 0.15) is 11.1 Å². The van der Waals surface area contributed by atoms with Crippen LogP contribution in [0.25, 0.3) is 0 Å². The molecule has 0 amide bonds. The van der Waals surface area contributed by atoms with E-state index in [2.05, 4.69) is 40.4 Å². The van der Waals surface area contributed by atoms with Crippen molar-refractivity contribution in [3.63, 3.8) is 0 Å². The molecular weight excluding hydrogens is 204 g/mol. The van der Waals surface area contributed by atoms with Crippen molar-refractivity contribution in [2.45, 2.75) is 13.5 Å². The molecule has 0 aromatic heterocycles. The first-order chi connectivity index (χ1) is 5.24. The van der Waals surface area contributed by atoms with Crippen LogP contribution in [0.2, 0.25) is 0 Å². The highest BCUT2D eigenvalue weighted by molar-refractivity contribution is 9.10. The van der Waals surface area contributed by atoms with Gasteiger partial charge in [-0.3, -0.25) is 11.3 Å². The fraction of sp³-hybridized carbons (Fsp3) is 0.250. The van der Waals surface area contributed by atoms with Crippen molar-refractivity contribution in [1.29, 1.82) is 0 Å². The van der Waals surface area contributed by atoms with Gasteiger partial charge in [0.2, 0.25) is 0 Å². The van der Waals surface area contributed by atoms with Gasteiger partial charge in [-0.05, 0) is 30.2 Å². The minimum atomic E-state index is 0.721. The highest BCUT2D eigenvalue weighted by Gasteiger charge is 1.96. The molecule has 0 aliphatic rings. The average Bonchev–Trinajstić information content (AvgIpc) is 1.95. The molecule has 0 aliphatic carbocycles. The fourth-order valence-electron chi connectivity index (χ4n) is 0.968. The molecule has 0 atom stereocenters. The van der Waals surface area contributed by atoms with E-state index in [0.717, 1.165) is 11.0 Å². The van der Waals surface area contributed by atoms with Gasteiger partial charge in [-0.1, -0.05) is 22.0 Å². The highest BCUT2D eigenvalue weighted by atomic mass is 79.9. The lowest BCUT2D eigenvalue weighted by molar-refractivity contribution is 0.737. The number of halogens is 1. The molecule has 1 aromatic carbocycles. The third-order valence-corrected chi connectivity index (χ3v) is 2.09. The van der Waals surface area contributed by atoms with E-state index in [1.807, 2.05) is 6.07 Å². The molecule has 2 nitrogen and oxygen atoms in total. The Balaban J connectivity index is 2.90. The Morgan fingerprint density at radius 2 is 2.27 bits per heavy atom. The minimum absolute atomic E-state index is 0.721. The summed E-state index contributed by atoms with van der Waals surface area (Å²) in [6, 6.07) is 6.14. The Labute approximate surface area is 74.9 Å². The molecule has 11 heavy (non-hydrogen) atoms. The number of nitrogens with one attached hydrogen (secondary N) is 1. The molecule has 0 aliphatic heterocycles. The summed E-state index contributed by atoms with van der Waals surface area (Å²) in [5, 5.41) is 0. The van der Waals surface area contributed by atoms with Crippen molar-refractivity contribution in [2.75, 3.05) is 0 Å². The molecule has 0 heterocycles. The molecule has 1 rings (SSSR count). The van der Waals surface area contributed by atoms with Gasteiger partial charge < -0.3 is 0 Å². The largest absolute Gasteiger partial charge is 0.271 e. The van der Waals surface area contributed by atoms with Crippen molar-refractivity contribution < 1.29 is 0 Å². The summed E-state index contributed by atoms with van der Waals surface area (Å²) < 4.78 is 1.11. The summed E-state index contributed by atoms with van der Waals surface area (Å²) in [5.74, 6) is 5.21. The topological polar surface area (TPSA) is 38.0 Å². The summed E-state index contributed by atoms with van der Waals surface area (Å²) in [7, 11) is 0. The molecule has 0 saturated carbocycles. The third kappa shape index (κ3) is 2.29. The van der Waals surface area contributed by atoms with E-state index in [9.17, 15) is 0 Å². The van der Waals surface area contributed by atoms with Gasteiger partial charge in [0.15, 0.2) is 0 Å². The predicted molar refractivity (Wildman–Crippen MR) is 49.9 cm³/mol. The first-order valence-corrected chi connectivity index (χ1v) is 4.22. The molecule has 1 aromatic rings. The molecule has 0 radical (unpaired) electrons. The minimum Gasteiger partial charge on any atom is -0.271 e. The number of hydrogen-bond donors (Lipinski definition) is 2. The van der Waals surface area contributed by atoms with Crippen LogP contribution in [0.5, 0.6) is 0 Å². The number of nitrogens with two attached hydrogens (primary N) is 1. The van der Waals surface area contributed by atoms with Crippen LogP contribution in [-0.2, 0) is 6.54 Å². The lowest BCUT2D eigenvalue weighted by Crippen LogP contribution is -2.21. The monoisotopic (exact) mass is 214 g/mol. The van der Waals surface area contributed by atoms with E-state index in [4.69, 9.17) is 5.84 Å². The summed E-state index contributed by atoms with van der Waals surface area (Å²) >= 11 is 3.40. The Morgan fingerprint density at radius 1 is 1.55 bits per heavy atom. The lowest BCUT2D eigenvalue weighted by Gasteiger charge is -2.04. The smallest absolute Gasteiger partial charge is 0.0351 e. The molecule has 3 heteroatoms. The molecule has 0 spiro atoms. The van der Waals surface area contributed by atoms with Gasteiger partial charge in [0.1, 0.15) is 0 Å². The first kappa shape index (κ1) is 8.71. The van der Waals surface area contributed by atoms with E-state index in [0.29, 0.717) is 0 Å². The zero-order chi connectivity index (χ0) is 8.27. The van der Waals surface area contributed by atoms with E-state index >= 15 is 0 Å². The Morgan fingerprint density at radius 3 is 2.82 bits per heavy atom. The second-order valence-corrected chi connectivity index (χ2v) is 3.37. The maximum atomic E-state index is 5.21. The quantitative estimate of drug-likeness (QED) is 0.582. The molecule has 60 valence electrons. The number of aryl methyl sites for hydroxylation is 1. The van der Waals surface area contributed by atoms with Crippen LogP contribution >= 0.6 is 15.9 Å². The normalized spacial score (nSPS) is 10.1. The van der Waals surface area contributed by atoms with Crippen molar-refractivity contribution in [2.24, 2.45) is 5.84 Å². The van der Waals surface area contributed by atoms with Gasteiger partial charge in [0.25, 0.3) is 0 Å². The van der Waals surface area contributed by atoms with Crippen LogP contribution in [0.3, 0.4) is 0 Å². The Kier molecular flexibility index (Phi) is 3.05. The van der Waals surface area contributed by atoms with Crippen molar-refractivity contribution in [3.8, 4) is 0 Å². The van der Waals surface area contributed by atoms with Gasteiger partial charge in [-0.2, -0.15) is 0 Å². The second kappa shape index (κ2) is 3.85. The second-order valence-electron chi connectivity index (χ2n) is 2.45. The molecule has 0 unspecified atom stereocenters. The molecule has 3 N–H and O–H groups in total. The van der Waals surface area contributed by atoms with E-state index in [1.54, 1.807) is 0 Å². The van der Waals surface area contributed by atoms with Crippen molar-refractivity contribution in [3.05, 3.63) is 33.8 Å². The lowest BCUT2D eigenvalue weighted by atomic mass is 10.1. The number of benzene rings is 1. The Bertz CT molecular complexity index is 248. The predicted octanol–water partition coefficient (Wildman–Crippen LogP) is 1.72. The average molecular weight is 215 g/mol. The maximum Gasteiger partial charge on any atom is 0.0351 e. The molecule has 0 fully saturated rings. The summed E-state index contributed by atoms with van der Waals surface area (Å²) in [6.07, 6.45) is 0. The van der Waals surface area contributed by atoms with Crippen LogP contribution in [0, 0.1) is 6.92 Å². The number of hydrogen-bond acceptors (Lipinski definition) is 2. The molecule has 0 saturated heterocycles. The van der Waals surface area contributed by atoms with Crippen molar-refractivity contribution >= 4 is 15.9 Å². The van der Waals surface area contributed by atoms with E-state index < -0.39 is 0 Å². The van der Waals surface area contributed by atoms with Gasteiger partial charge in [-0.25, -0.2) is 0 Å². The van der Waals surface area contributed by atoms with Gasteiger partial charge in [0, 0.05) is 11.0 Å². The summed E-state index contributed by atoms with van der Waals surface area (Å²) in [6.45, 7) is 2.79. The summed E-state index contributed by atoms with van der Waals surface area (Å²) in [4.78, 5) is 0. The number of rotatable bonds is 2. The first-order valence-electron chi connectivity index (χ1n) is 3.42. The zero-order valence-electron chi connectivity index (χ0n) is 6.39. The van der Waals surface area contributed by atoms with E-state index in [-0.39, 0.29) is 0 Å². The summed E-state index contributed by atoms with van der Waals surface area (Å²) in [5.41, 5.74) is 5.11. The van der Waals surface area contributed by atoms with Crippen LogP contribution in [0.4, 0.5) is 0 Å². The molecular formula is C8H11BrN2. The zero-order valence-corrected chi connectivity index (χ0v) is 7.98. The maximum absolute atomic E-state index is 5.21. The van der Waals surface area contributed by atoms with Gasteiger partial charge in [0.05, 0.1) is 0 Å².